The van der Waals surface area contributed by atoms with Crippen molar-refractivity contribution in [3.05, 3.63) is 66.2 Å². The highest BCUT2D eigenvalue weighted by molar-refractivity contribution is 8.21. The lowest BCUT2D eigenvalue weighted by molar-refractivity contribution is -0.115. The predicted octanol–water partition coefficient (Wildman–Crippen LogP) is 5.49. The molecule has 138 valence electrons. The van der Waals surface area contributed by atoms with Crippen LogP contribution in [0.3, 0.4) is 0 Å². The second kappa shape index (κ2) is 9.28. The van der Waals surface area contributed by atoms with Gasteiger partial charge in [0.2, 0.25) is 4.08 Å². The third-order valence-corrected chi connectivity index (χ3v) is 6.39. The van der Waals surface area contributed by atoms with E-state index < -0.39 is 4.08 Å². The highest BCUT2D eigenvalue weighted by Gasteiger charge is 2.48. The molecule has 0 fully saturated rings. The number of rotatable bonds is 8. The van der Waals surface area contributed by atoms with Gasteiger partial charge in [0.15, 0.2) is 5.78 Å². The average Bonchev–Trinajstić information content (AvgIpc) is 2.61. The number of amides is 1. The van der Waals surface area contributed by atoms with E-state index in [9.17, 15) is 9.59 Å². The minimum Gasteiger partial charge on any atom is -0.324 e. The molecule has 0 atom stereocenters. The second-order valence-corrected chi connectivity index (χ2v) is 10.3. The Morgan fingerprint density at radius 3 is 1.73 bits per heavy atom. The number of hydrogen-bond acceptors (Lipinski definition) is 4. The monoisotopic (exact) mass is 387 g/mol. The van der Waals surface area contributed by atoms with Crippen LogP contribution in [0.4, 0.5) is 5.69 Å². The molecule has 0 aliphatic carbocycles. The highest BCUT2D eigenvalue weighted by atomic mass is 32.2. The molecule has 0 heterocycles. The zero-order valence-electron chi connectivity index (χ0n) is 15.6. The van der Waals surface area contributed by atoms with Crippen molar-refractivity contribution in [1.29, 1.82) is 0 Å². The largest absolute Gasteiger partial charge is 0.324 e. The van der Waals surface area contributed by atoms with Crippen LogP contribution in [-0.4, -0.2) is 26.3 Å². The van der Waals surface area contributed by atoms with E-state index in [0.29, 0.717) is 11.3 Å². The maximum Gasteiger partial charge on any atom is 0.258 e. The van der Waals surface area contributed by atoms with Crippen molar-refractivity contribution < 1.29 is 9.59 Å². The van der Waals surface area contributed by atoms with Crippen LogP contribution < -0.4 is 5.32 Å². The van der Waals surface area contributed by atoms with Gasteiger partial charge < -0.3 is 5.32 Å². The third kappa shape index (κ3) is 5.15. The number of benzene rings is 2. The molecule has 2 aromatic carbocycles. The molecule has 0 unspecified atom stereocenters. The van der Waals surface area contributed by atoms with Gasteiger partial charge in [0.25, 0.3) is 5.91 Å². The lowest BCUT2D eigenvalue weighted by Crippen LogP contribution is -2.46. The van der Waals surface area contributed by atoms with E-state index in [1.165, 1.54) is 23.5 Å². The van der Waals surface area contributed by atoms with Gasteiger partial charge in [-0.15, -0.1) is 23.5 Å². The van der Waals surface area contributed by atoms with Crippen LogP contribution in [0, 0.1) is 0 Å². The van der Waals surface area contributed by atoms with Gasteiger partial charge in [-0.25, -0.2) is 0 Å². The lowest BCUT2D eigenvalue weighted by atomic mass is 10.1. The zero-order chi connectivity index (χ0) is 19.2. The number of para-hydroxylation sites is 1. The first-order valence-corrected chi connectivity index (χ1v) is 10.4. The predicted molar refractivity (Wildman–Crippen MR) is 114 cm³/mol. The zero-order valence-corrected chi connectivity index (χ0v) is 17.2. The fourth-order valence-electron chi connectivity index (χ4n) is 2.52. The SMILES string of the molecule is CC(C)SC(SC(C)C)(C(=O)Nc1ccccc1)C(=O)c1ccccc1. The highest BCUT2D eigenvalue weighted by Crippen LogP contribution is 2.45. The quantitative estimate of drug-likeness (QED) is 0.370. The van der Waals surface area contributed by atoms with Crippen LogP contribution in [0.15, 0.2) is 60.7 Å². The van der Waals surface area contributed by atoms with Crippen LogP contribution in [-0.2, 0) is 4.79 Å². The Labute approximate surface area is 164 Å². The Balaban J connectivity index is 2.47. The summed E-state index contributed by atoms with van der Waals surface area (Å²) in [6.45, 7) is 8.03. The normalized spacial score (nSPS) is 11.6. The van der Waals surface area contributed by atoms with Crippen molar-refractivity contribution in [1.82, 2.24) is 0 Å². The summed E-state index contributed by atoms with van der Waals surface area (Å²) < 4.78 is -1.24. The number of ketones is 1. The summed E-state index contributed by atoms with van der Waals surface area (Å²) in [5.41, 5.74) is 1.24. The minimum absolute atomic E-state index is 0.121. The summed E-state index contributed by atoms with van der Waals surface area (Å²) in [4.78, 5) is 26.8. The fraction of sp³-hybridized carbons (Fsp3) is 0.333. The van der Waals surface area contributed by atoms with Crippen LogP contribution in [0.25, 0.3) is 0 Å². The summed E-state index contributed by atoms with van der Waals surface area (Å²) >= 11 is 2.81. The van der Waals surface area contributed by atoms with Crippen molar-refractivity contribution in [3.63, 3.8) is 0 Å². The molecule has 5 heteroatoms. The van der Waals surface area contributed by atoms with Gasteiger partial charge in [0.05, 0.1) is 0 Å². The Morgan fingerprint density at radius 2 is 1.27 bits per heavy atom. The van der Waals surface area contributed by atoms with Crippen LogP contribution >= 0.6 is 23.5 Å². The van der Waals surface area contributed by atoms with E-state index in [4.69, 9.17) is 0 Å². The van der Waals surface area contributed by atoms with Crippen LogP contribution in [0.2, 0.25) is 0 Å². The molecule has 1 amide bonds. The molecule has 2 rings (SSSR count). The molecule has 1 N–H and O–H groups in total. The lowest BCUT2D eigenvalue weighted by Gasteiger charge is -2.33. The summed E-state index contributed by atoms with van der Waals surface area (Å²) in [6.07, 6.45) is 0. The fourth-order valence-corrected chi connectivity index (χ4v) is 5.99. The number of Topliss-reactive ketones (excluding diaryl/α,β-unsaturated/α-hetero) is 1. The molecule has 0 bridgehead atoms. The van der Waals surface area contributed by atoms with Gasteiger partial charge in [-0.1, -0.05) is 76.2 Å². The van der Waals surface area contributed by atoms with Crippen molar-refractivity contribution in [3.8, 4) is 0 Å². The molecule has 0 saturated carbocycles. The molecule has 0 spiro atoms. The van der Waals surface area contributed by atoms with E-state index in [1.807, 2.05) is 76.2 Å². The molecular weight excluding hydrogens is 362 g/mol. The van der Waals surface area contributed by atoms with Gasteiger partial charge in [0, 0.05) is 21.8 Å². The summed E-state index contributed by atoms with van der Waals surface area (Å²) in [5.74, 6) is -0.445. The third-order valence-electron chi connectivity index (χ3n) is 3.47. The summed E-state index contributed by atoms with van der Waals surface area (Å²) in [5, 5.41) is 3.18. The molecule has 0 radical (unpaired) electrons. The van der Waals surface area contributed by atoms with Gasteiger partial charge in [-0.3, -0.25) is 9.59 Å². The topological polar surface area (TPSA) is 46.2 Å². The molecular formula is C21H25NO2S2. The first kappa shape index (κ1) is 20.6. The standard InChI is InChI=1S/C21H25NO2S2/c1-15(2)25-21(26-16(3)4,19(23)17-11-7-5-8-12-17)20(24)22-18-13-9-6-10-14-18/h5-16H,1-4H3,(H,22,24). The molecule has 0 saturated heterocycles. The number of hydrogen-bond donors (Lipinski definition) is 1. The van der Waals surface area contributed by atoms with E-state index in [2.05, 4.69) is 5.32 Å². The van der Waals surface area contributed by atoms with Gasteiger partial charge >= 0.3 is 0 Å². The van der Waals surface area contributed by atoms with Crippen LogP contribution in [0.5, 0.6) is 0 Å². The maximum absolute atomic E-state index is 13.5. The molecule has 2 aromatic rings. The van der Waals surface area contributed by atoms with Crippen molar-refractivity contribution >= 4 is 40.9 Å². The van der Waals surface area contributed by atoms with E-state index in [1.54, 1.807) is 12.1 Å². The molecule has 0 aliphatic heterocycles. The Hall–Kier alpha value is -1.72. The number of carbonyl (C=O) groups excluding carboxylic acids is 2. The van der Waals surface area contributed by atoms with Crippen LogP contribution in [0.1, 0.15) is 38.1 Å². The summed E-state index contributed by atoms with van der Waals surface area (Å²) in [7, 11) is 0. The molecule has 3 nitrogen and oxygen atoms in total. The van der Waals surface area contributed by atoms with Crippen molar-refractivity contribution in [2.45, 2.75) is 42.3 Å². The number of nitrogens with one attached hydrogen (secondary N) is 1. The molecule has 0 aliphatic rings. The van der Waals surface area contributed by atoms with Gasteiger partial charge in [0.1, 0.15) is 0 Å². The first-order chi connectivity index (χ1) is 12.3. The van der Waals surface area contributed by atoms with Gasteiger partial charge in [-0.05, 0) is 12.1 Å². The molecule has 26 heavy (non-hydrogen) atoms. The van der Waals surface area contributed by atoms with E-state index >= 15 is 0 Å². The summed E-state index contributed by atoms with van der Waals surface area (Å²) in [6, 6.07) is 18.3. The second-order valence-electron chi connectivity index (χ2n) is 6.47. The molecule has 0 aromatic heterocycles. The first-order valence-electron chi connectivity index (χ1n) is 8.67. The Morgan fingerprint density at radius 1 is 0.808 bits per heavy atom. The minimum atomic E-state index is -1.24. The average molecular weight is 388 g/mol. The van der Waals surface area contributed by atoms with Crippen molar-refractivity contribution in [2.24, 2.45) is 0 Å². The maximum atomic E-state index is 13.5. The van der Waals surface area contributed by atoms with E-state index in [0.717, 1.165) is 0 Å². The van der Waals surface area contributed by atoms with Gasteiger partial charge in [-0.2, -0.15) is 0 Å². The Bertz CT molecular complexity index is 720. The number of thioether (sulfide) groups is 2. The Kier molecular flexibility index (Phi) is 7.35. The van der Waals surface area contributed by atoms with E-state index in [-0.39, 0.29) is 22.2 Å². The van der Waals surface area contributed by atoms with Crippen molar-refractivity contribution in [2.75, 3.05) is 5.32 Å². The number of anilines is 1. The smallest absolute Gasteiger partial charge is 0.258 e. The number of carbonyl (C=O) groups is 2.